The molecule has 0 spiro atoms. The van der Waals surface area contributed by atoms with E-state index in [0.29, 0.717) is 30.2 Å². The highest BCUT2D eigenvalue weighted by Crippen LogP contribution is 2.32. The second kappa shape index (κ2) is 5.78. The van der Waals surface area contributed by atoms with Gasteiger partial charge in [0.25, 0.3) is 0 Å². The van der Waals surface area contributed by atoms with E-state index in [1.54, 1.807) is 12.1 Å². The highest BCUT2D eigenvalue weighted by molar-refractivity contribution is 5.18. The summed E-state index contributed by atoms with van der Waals surface area (Å²) in [6.07, 6.45) is 6.08. The molecule has 110 valence electrons. The molecule has 3 rings (SSSR count). The number of fused-ring (bicyclic) bond motifs is 2. The van der Waals surface area contributed by atoms with E-state index >= 15 is 0 Å². The monoisotopic (exact) mass is 280 g/mol. The molecule has 20 heavy (non-hydrogen) atoms. The van der Waals surface area contributed by atoms with Gasteiger partial charge < -0.3 is 10.2 Å². The Balaban J connectivity index is 1.60. The second-order valence-electron chi connectivity index (χ2n) is 6.17. The normalized spacial score (nSPS) is 30.4. The molecule has 0 radical (unpaired) electrons. The van der Waals surface area contributed by atoms with Crippen LogP contribution in [0.2, 0.25) is 0 Å². The molecule has 0 saturated carbocycles. The molecular weight excluding hydrogens is 258 g/mol. The van der Waals surface area contributed by atoms with E-state index in [2.05, 4.69) is 17.3 Å². The van der Waals surface area contributed by atoms with E-state index in [4.69, 9.17) is 0 Å². The second-order valence-corrected chi connectivity index (χ2v) is 6.17. The molecule has 0 aromatic heterocycles. The number of piperidine rings is 2. The molecular formula is C16H22F2N2. The molecule has 2 aliphatic heterocycles. The maximum atomic E-state index is 13.6. The minimum atomic E-state index is -0.760. The maximum absolute atomic E-state index is 13.6. The van der Waals surface area contributed by atoms with Crippen LogP contribution >= 0.6 is 0 Å². The Morgan fingerprint density at radius 1 is 1.20 bits per heavy atom. The highest BCUT2D eigenvalue weighted by Gasteiger charge is 2.35. The minimum Gasteiger partial charge on any atom is -0.310 e. The molecule has 2 bridgehead atoms. The van der Waals surface area contributed by atoms with Crippen molar-refractivity contribution < 1.29 is 8.78 Å². The lowest BCUT2D eigenvalue weighted by Crippen LogP contribution is -2.54. The Morgan fingerprint density at radius 3 is 2.60 bits per heavy atom. The van der Waals surface area contributed by atoms with Gasteiger partial charge in [0.1, 0.15) is 0 Å². The zero-order chi connectivity index (χ0) is 14.1. The summed E-state index contributed by atoms with van der Waals surface area (Å²) >= 11 is 0. The van der Waals surface area contributed by atoms with E-state index in [1.165, 1.54) is 25.3 Å². The summed E-state index contributed by atoms with van der Waals surface area (Å²) in [6.45, 7) is 0.414. The first-order valence-corrected chi connectivity index (χ1v) is 7.53. The zero-order valence-corrected chi connectivity index (χ0v) is 11.9. The van der Waals surface area contributed by atoms with Gasteiger partial charge in [-0.05, 0) is 38.8 Å². The summed E-state index contributed by atoms with van der Waals surface area (Å²) < 4.78 is 26.8. The molecule has 2 nitrogen and oxygen atoms in total. The fraction of sp³-hybridized carbons (Fsp3) is 0.625. The lowest BCUT2D eigenvalue weighted by atomic mass is 9.82. The Kier molecular flexibility index (Phi) is 4.03. The van der Waals surface area contributed by atoms with Gasteiger partial charge in [-0.15, -0.1) is 0 Å². The highest BCUT2D eigenvalue weighted by atomic mass is 19.2. The van der Waals surface area contributed by atoms with Gasteiger partial charge in [-0.3, -0.25) is 0 Å². The smallest absolute Gasteiger partial charge is 0.163 e. The number of hydrogen-bond acceptors (Lipinski definition) is 2. The van der Waals surface area contributed by atoms with Gasteiger partial charge in [0.2, 0.25) is 0 Å². The van der Waals surface area contributed by atoms with Gasteiger partial charge in [-0.1, -0.05) is 18.6 Å². The summed E-state index contributed by atoms with van der Waals surface area (Å²) in [5.74, 6) is -1.47. The lowest BCUT2D eigenvalue weighted by molar-refractivity contribution is 0.0482. The van der Waals surface area contributed by atoms with Crippen LogP contribution in [0.3, 0.4) is 0 Å². The van der Waals surface area contributed by atoms with Crippen molar-refractivity contribution in [1.29, 1.82) is 0 Å². The van der Waals surface area contributed by atoms with Crippen molar-refractivity contribution in [3.8, 4) is 0 Å². The standard InChI is InChI=1S/C16H22F2N2/c1-20-13-5-3-6-14(20)9-12(8-13)19-10-11-4-2-7-15(17)16(11)18/h2,4,7,12-14,19H,3,5-6,8-10H2,1H3. The van der Waals surface area contributed by atoms with E-state index in [0.717, 1.165) is 12.8 Å². The van der Waals surface area contributed by atoms with Crippen LogP contribution in [-0.4, -0.2) is 30.1 Å². The van der Waals surface area contributed by atoms with E-state index in [-0.39, 0.29) is 0 Å². The fourth-order valence-electron chi connectivity index (χ4n) is 3.72. The number of nitrogens with zero attached hydrogens (tertiary/aromatic N) is 1. The van der Waals surface area contributed by atoms with E-state index in [1.807, 2.05) is 0 Å². The quantitative estimate of drug-likeness (QED) is 0.915. The predicted molar refractivity (Wildman–Crippen MR) is 75.4 cm³/mol. The first-order valence-electron chi connectivity index (χ1n) is 7.53. The average molecular weight is 280 g/mol. The van der Waals surface area contributed by atoms with Crippen molar-refractivity contribution in [1.82, 2.24) is 10.2 Å². The Bertz CT molecular complexity index is 464. The van der Waals surface area contributed by atoms with Crippen molar-refractivity contribution in [3.63, 3.8) is 0 Å². The van der Waals surface area contributed by atoms with Gasteiger partial charge >= 0.3 is 0 Å². The third-order valence-electron chi connectivity index (χ3n) is 4.95. The molecule has 0 aliphatic carbocycles. The SMILES string of the molecule is CN1C2CCCC1CC(NCc1cccc(F)c1F)C2. The molecule has 2 fully saturated rings. The van der Waals surface area contributed by atoms with Gasteiger partial charge in [0.05, 0.1) is 0 Å². The molecule has 2 unspecified atom stereocenters. The largest absolute Gasteiger partial charge is 0.310 e. The van der Waals surface area contributed by atoms with Gasteiger partial charge in [0.15, 0.2) is 11.6 Å². The lowest BCUT2D eigenvalue weighted by Gasteiger charge is -2.47. The topological polar surface area (TPSA) is 15.3 Å². The molecule has 2 atom stereocenters. The van der Waals surface area contributed by atoms with Crippen molar-refractivity contribution in [3.05, 3.63) is 35.4 Å². The summed E-state index contributed by atoms with van der Waals surface area (Å²) in [5.41, 5.74) is 0.425. The fourth-order valence-corrected chi connectivity index (χ4v) is 3.72. The third-order valence-corrected chi connectivity index (χ3v) is 4.95. The number of hydrogen-bond donors (Lipinski definition) is 1. The van der Waals surface area contributed by atoms with Crippen LogP contribution in [0.5, 0.6) is 0 Å². The minimum absolute atomic E-state index is 0.414. The first kappa shape index (κ1) is 14.0. The van der Waals surface area contributed by atoms with Crippen LogP contribution in [0.25, 0.3) is 0 Å². The zero-order valence-electron chi connectivity index (χ0n) is 11.9. The number of benzene rings is 1. The number of rotatable bonds is 3. The van der Waals surface area contributed by atoms with Gasteiger partial charge in [0, 0.05) is 30.2 Å². The molecule has 2 saturated heterocycles. The van der Waals surface area contributed by atoms with Crippen LogP contribution < -0.4 is 5.32 Å². The molecule has 1 N–H and O–H groups in total. The molecule has 0 amide bonds. The Morgan fingerprint density at radius 2 is 1.90 bits per heavy atom. The van der Waals surface area contributed by atoms with Crippen LogP contribution in [0.4, 0.5) is 8.78 Å². The van der Waals surface area contributed by atoms with Crippen LogP contribution in [0.1, 0.15) is 37.7 Å². The summed E-state index contributed by atoms with van der Waals surface area (Å²) in [5, 5.41) is 3.42. The summed E-state index contributed by atoms with van der Waals surface area (Å²) in [6, 6.07) is 6.11. The van der Waals surface area contributed by atoms with Crippen LogP contribution in [0.15, 0.2) is 18.2 Å². The molecule has 2 aliphatic rings. The predicted octanol–water partition coefficient (Wildman–Crippen LogP) is 3.07. The maximum Gasteiger partial charge on any atom is 0.163 e. The summed E-state index contributed by atoms with van der Waals surface area (Å²) in [4.78, 5) is 2.50. The van der Waals surface area contributed by atoms with Gasteiger partial charge in [-0.2, -0.15) is 0 Å². The Labute approximate surface area is 119 Å². The average Bonchev–Trinajstić information content (AvgIpc) is 2.41. The van der Waals surface area contributed by atoms with E-state index in [9.17, 15) is 8.78 Å². The summed E-state index contributed by atoms with van der Waals surface area (Å²) in [7, 11) is 2.22. The molecule has 1 aromatic carbocycles. The van der Waals surface area contributed by atoms with E-state index < -0.39 is 11.6 Å². The van der Waals surface area contributed by atoms with Gasteiger partial charge in [-0.25, -0.2) is 8.78 Å². The Hall–Kier alpha value is -1.00. The molecule has 4 heteroatoms. The first-order chi connectivity index (χ1) is 9.65. The third kappa shape index (κ3) is 2.72. The molecule has 1 aromatic rings. The number of halogens is 2. The van der Waals surface area contributed by atoms with Crippen molar-refractivity contribution >= 4 is 0 Å². The number of nitrogens with one attached hydrogen (secondary N) is 1. The molecule has 2 heterocycles. The van der Waals surface area contributed by atoms with Crippen molar-refractivity contribution in [2.24, 2.45) is 0 Å². The van der Waals surface area contributed by atoms with Crippen molar-refractivity contribution in [2.75, 3.05) is 7.05 Å². The van der Waals surface area contributed by atoms with Crippen LogP contribution in [0, 0.1) is 11.6 Å². The van der Waals surface area contributed by atoms with Crippen molar-refractivity contribution in [2.45, 2.75) is 56.8 Å². The van der Waals surface area contributed by atoms with Crippen LogP contribution in [-0.2, 0) is 6.54 Å².